The van der Waals surface area contributed by atoms with E-state index in [1.54, 1.807) is 18.9 Å². The molecule has 22 heavy (non-hydrogen) atoms. The van der Waals surface area contributed by atoms with E-state index in [9.17, 15) is 4.21 Å². The Kier molecular flexibility index (Phi) is 4.29. The molecule has 0 bridgehead atoms. The number of rotatable bonds is 5. The summed E-state index contributed by atoms with van der Waals surface area (Å²) in [6.07, 6.45) is 5.02. The minimum absolute atomic E-state index is 0.711. The number of hydrogen-bond acceptors (Lipinski definition) is 4. The number of aromatic nitrogens is 3. The number of hydrogen-bond donors (Lipinski definition) is 1. The molecule has 3 rings (SSSR count). The molecule has 1 heterocycles. The van der Waals surface area contributed by atoms with Crippen LogP contribution in [0.15, 0.2) is 66.1 Å². The van der Waals surface area contributed by atoms with Crippen LogP contribution in [0.4, 0.5) is 5.69 Å². The van der Waals surface area contributed by atoms with E-state index in [4.69, 9.17) is 0 Å². The van der Waals surface area contributed by atoms with Crippen LogP contribution in [0.25, 0.3) is 5.69 Å². The zero-order chi connectivity index (χ0) is 15.4. The van der Waals surface area contributed by atoms with Crippen LogP contribution in [-0.4, -0.2) is 25.2 Å². The topological polar surface area (TPSA) is 59.8 Å². The minimum Gasteiger partial charge on any atom is -0.381 e. The quantitative estimate of drug-likeness (QED) is 0.787. The highest BCUT2D eigenvalue weighted by atomic mass is 32.2. The third-order valence-corrected chi connectivity index (χ3v) is 4.25. The van der Waals surface area contributed by atoms with Crippen LogP contribution in [-0.2, 0) is 17.3 Å². The average Bonchev–Trinajstić information content (AvgIpc) is 3.08. The Bertz CT molecular complexity index is 769. The van der Waals surface area contributed by atoms with Crippen molar-refractivity contribution in [3.05, 3.63) is 66.7 Å². The Morgan fingerprint density at radius 1 is 1.09 bits per heavy atom. The molecule has 112 valence electrons. The summed E-state index contributed by atoms with van der Waals surface area (Å²) in [6.45, 7) is 0.711. The molecule has 0 aliphatic carbocycles. The lowest BCUT2D eigenvalue weighted by molar-refractivity contribution is 0.687. The lowest BCUT2D eigenvalue weighted by Gasteiger charge is -2.09. The molecular formula is C16H16N4OS. The van der Waals surface area contributed by atoms with Crippen LogP contribution < -0.4 is 5.32 Å². The second-order valence-electron chi connectivity index (χ2n) is 4.87. The number of anilines is 1. The Morgan fingerprint density at radius 3 is 2.50 bits per heavy atom. The van der Waals surface area contributed by atoms with Crippen molar-refractivity contribution in [3.8, 4) is 5.69 Å². The molecule has 0 aliphatic rings. The highest BCUT2D eigenvalue weighted by Crippen LogP contribution is 2.15. The van der Waals surface area contributed by atoms with Crippen LogP contribution in [0.1, 0.15) is 5.56 Å². The molecule has 0 saturated heterocycles. The predicted octanol–water partition coefficient (Wildman–Crippen LogP) is 2.62. The Hall–Kier alpha value is -2.47. The maximum absolute atomic E-state index is 11.4. The highest BCUT2D eigenvalue weighted by molar-refractivity contribution is 7.84. The van der Waals surface area contributed by atoms with Crippen LogP contribution in [0, 0.1) is 0 Å². The van der Waals surface area contributed by atoms with Crippen molar-refractivity contribution in [2.45, 2.75) is 11.4 Å². The monoisotopic (exact) mass is 312 g/mol. The summed E-state index contributed by atoms with van der Waals surface area (Å²) in [5, 5.41) is 11.0. The standard InChI is InChI=1S/C16H16N4OS/c1-22(21)16-7-5-13(6-8-16)10-17-14-3-2-4-15(9-14)20-11-18-19-12-20/h2-9,11-12,17H,10H2,1H3. The van der Waals surface area contributed by atoms with E-state index in [0.717, 1.165) is 21.8 Å². The molecule has 6 heteroatoms. The molecule has 5 nitrogen and oxygen atoms in total. The van der Waals surface area contributed by atoms with Gasteiger partial charge in [-0.05, 0) is 35.9 Å². The van der Waals surface area contributed by atoms with E-state index < -0.39 is 10.8 Å². The normalized spacial score (nSPS) is 12.0. The van der Waals surface area contributed by atoms with E-state index in [1.807, 2.05) is 53.1 Å². The summed E-state index contributed by atoms with van der Waals surface area (Å²) in [5.74, 6) is 0. The van der Waals surface area contributed by atoms with Crippen molar-refractivity contribution in [1.29, 1.82) is 0 Å². The second kappa shape index (κ2) is 6.53. The molecule has 2 aromatic carbocycles. The Morgan fingerprint density at radius 2 is 1.82 bits per heavy atom. The van der Waals surface area contributed by atoms with Crippen molar-refractivity contribution < 1.29 is 4.21 Å². The fraction of sp³-hybridized carbons (Fsp3) is 0.125. The van der Waals surface area contributed by atoms with Gasteiger partial charge in [0.15, 0.2) is 0 Å². The SMILES string of the molecule is CS(=O)c1ccc(CNc2cccc(-n3cnnc3)c2)cc1. The van der Waals surface area contributed by atoms with Gasteiger partial charge < -0.3 is 5.32 Å². The van der Waals surface area contributed by atoms with Gasteiger partial charge in [0, 0.05) is 34.2 Å². The molecule has 1 aromatic heterocycles. The van der Waals surface area contributed by atoms with Crippen molar-refractivity contribution >= 4 is 16.5 Å². The van der Waals surface area contributed by atoms with Gasteiger partial charge in [-0.1, -0.05) is 18.2 Å². The van der Waals surface area contributed by atoms with Crippen LogP contribution in [0.5, 0.6) is 0 Å². The third kappa shape index (κ3) is 3.40. The first-order valence-corrected chi connectivity index (χ1v) is 8.39. The molecule has 0 radical (unpaired) electrons. The largest absolute Gasteiger partial charge is 0.381 e. The summed E-state index contributed by atoms with van der Waals surface area (Å²) < 4.78 is 13.2. The van der Waals surface area contributed by atoms with Gasteiger partial charge in [0.2, 0.25) is 0 Å². The van der Waals surface area contributed by atoms with Crippen molar-refractivity contribution in [2.75, 3.05) is 11.6 Å². The van der Waals surface area contributed by atoms with Gasteiger partial charge in [-0.3, -0.25) is 8.78 Å². The second-order valence-corrected chi connectivity index (χ2v) is 6.25. The van der Waals surface area contributed by atoms with E-state index in [-0.39, 0.29) is 0 Å². The van der Waals surface area contributed by atoms with Crippen LogP contribution in [0.2, 0.25) is 0 Å². The fourth-order valence-corrected chi connectivity index (χ4v) is 2.63. The van der Waals surface area contributed by atoms with E-state index >= 15 is 0 Å². The Balaban J connectivity index is 1.69. The van der Waals surface area contributed by atoms with Gasteiger partial charge in [0.25, 0.3) is 0 Å². The smallest absolute Gasteiger partial charge is 0.123 e. The van der Waals surface area contributed by atoms with Crippen LogP contribution in [0.3, 0.4) is 0 Å². The summed E-state index contributed by atoms with van der Waals surface area (Å²) >= 11 is 0. The third-order valence-electron chi connectivity index (χ3n) is 3.31. The summed E-state index contributed by atoms with van der Waals surface area (Å²) in [6, 6.07) is 15.8. The molecule has 0 aliphatic heterocycles. The molecule has 1 N–H and O–H groups in total. The van der Waals surface area contributed by atoms with Crippen molar-refractivity contribution in [2.24, 2.45) is 0 Å². The minimum atomic E-state index is -0.932. The van der Waals surface area contributed by atoms with E-state index in [2.05, 4.69) is 15.5 Å². The predicted molar refractivity (Wildman–Crippen MR) is 87.5 cm³/mol. The molecule has 1 unspecified atom stereocenters. The molecule has 1 atom stereocenters. The lowest BCUT2D eigenvalue weighted by Crippen LogP contribution is -2.00. The molecule has 0 fully saturated rings. The lowest BCUT2D eigenvalue weighted by atomic mass is 10.2. The van der Waals surface area contributed by atoms with Gasteiger partial charge in [0.1, 0.15) is 12.7 Å². The number of benzene rings is 2. The fourth-order valence-electron chi connectivity index (χ4n) is 2.11. The van der Waals surface area contributed by atoms with Gasteiger partial charge in [-0.15, -0.1) is 10.2 Å². The van der Waals surface area contributed by atoms with Crippen molar-refractivity contribution in [1.82, 2.24) is 14.8 Å². The summed E-state index contributed by atoms with van der Waals surface area (Å²) in [5.41, 5.74) is 3.17. The highest BCUT2D eigenvalue weighted by Gasteiger charge is 2.00. The zero-order valence-corrected chi connectivity index (χ0v) is 13.0. The van der Waals surface area contributed by atoms with Crippen LogP contribution >= 0.6 is 0 Å². The van der Waals surface area contributed by atoms with Gasteiger partial charge >= 0.3 is 0 Å². The molecule has 3 aromatic rings. The first-order valence-electron chi connectivity index (χ1n) is 6.84. The van der Waals surface area contributed by atoms with Gasteiger partial charge in [0.05, 0.1) is 5.69 Å². The molecule has 0 amide bonds. The van der Waals surface area contributed by atoms with Crippen molar-refractivity contribution in [3.63, 3.8) is 0 Å². The Labute approximate surface area is 131 Å². The van der Waals surface area contributed by atoms with Gasteiger partial charge in [-0.25, -0.2) is 0 Å². The van der Waals surface area contributed by atoms with E-state index in [0.29, 0.717) is 6.54 Å². The number of nitrogens with zero attached hydrogens (tertiary/aromatic N) is 3. The first kappa shape index (κ1) is 14.5. The first-order chi connectivity index (χ1) is 10.7. The van der Waals surface area contributed by atoms with E-state index in [1.165, 1.54) is 0 Å². The van der Waals surface area contributed by atoms with Gasteiger partial charge in [-0.2, -0.15) is 0 Å². The zero-order valence-electron chi connectivity index (χ0n) is 12.1. The molecular weight excluding hydrogens is 296 g/mol. The maximum atomic E-state index is 11.4. The molecule has 0 saturated carbocycles. The average molecular weight is 312 g/mol. The molecule has 0 spiro atoms. The maximum Gasteiger partial charge on any atom is 0.123 e. The summed E-state index contributed by atoms with van der Waals surface area (Å²) in [7, 11) is -0.932. The summed E-state index contributed by atoms with van der Waals surface area (Å²) in [4.78, 5) is 0.846. The number of nitrogens with one attached hydrogen (secondary N) is 1.